The molecule has 0 amide bonds. The van der Waals surface area contributed by atoms with E-state index in [9.17, 15) is 18.9 Å². The molecule has 8 nitrogen and oxygen atoms in total. The van der Waals surface area contributed by atoms with E-state index in [4.69, 9.17) is 18.9 Å². The SMILES string of the molecule is O=C(OC[C@@H]1O[C@@H](OC(=O)c2ccccc2)[C@H](OF)[C@H]1OC(=O)c1ccccc1)c1ccccc1. The first-order valence-electron chi connectivity index (χ1n) is 10.7. The van der Waals surface area contributed by atoms with Crippen LogP contribution in [0.1, 0.15) is 31.1 Å². The lowest BCUT2D eigenvalue weighted by Gasteiger charge is -2.21. The van der Waals surface area contributed by atoms with Crippen molar-refractivity contribution in [3.63, 3.8) is 0 Å². The topological polar surface area (TPSA) is 97.4 Å². The van der Waals surface area contributed by atoms with Crippen LogP contribution in [0, 0.1) is 0 Å². The van der Waals surface area contributed by atoms with Crippen LogP contribution >= 0.6 is 0 Å². The van der Waals surface area contributed by atoms with E-state index in [1.807, 2.05) is 0 Å². The molecule has 1 heterocycles. The van der Waals surface area contributed by atoms with Gasteiger partial charge in [-0.05, 0) is 40.9 Å². The van der Waals surface area contributed by atoms with Crippen molar-refractivity contribution in [2.45, 2.75) is 24.6 Å². The van der Waals surface area contributed by atoms with Gasteiger partial charge in [-0.2, -0.15) is 4.94 Å². The first-order valence-corrected chi connectivity index (χ1v) is 10.7. The van der Waals surface area contributed by atoms with E-state index in [2.05, 4.69) is 4.94 Å². The van der Waals surface area contributed by atoms with Crippen molar-refractivity contribution in [3.05, 3.63) is 108 Å². The maximum Gasteiger partial charge on any atom is 0.340 e. The minimum Gasteiger partial charge on any atom is -0.459 e. The van der Waals surface area contributed by atoms with Crippen LogP contribution in [0.2, 0.25) is 0 Å². The van der Waals surface area contributed by atoms with Crippen LogP contribution in [-0.4, -0.2) is 49.1 Å². The van der Waals surface area contributed by atoms with E-state index >= 15 is 0 Å². The Morgan fingerprint density at radius 2 is 1.11 bits per heavy atom. The highest BCUT2D eigenvalue weighted by atomic mass is 19.3. The van der Waals surface area contributed by atoms with E-state index in [0.29, 0.717) is 0 Å². The molecule has 35 heavy (non-hydrogen) atoms. The first kappa shape index (κ1) is 24.1. The van der Waals surface area contributed by atoms with Gasteiger partial charge in [0.15, 0.2) is 12.2 Å². The second-order valence-corrected chi connectivity index (χ2v) is 7.57. The Bertz CT molecular complexity index is 1140. The summed E-state index contributed by atoms with van der Waals surface area (Å²) in [5.74, 6) is -2.24. The summed E-state index contributed by atoms with van der Waals surface area (Å²) in [6, 6.07) is 24.2. The second kappa shape index (κ2) is 11.4. The van der Waals surface area contributed by atoms with Gasteiger partial charge in [-0.1, -0.05) is 54.6 Å². The van der Waals surface area contributed by atoms with Crippen molar-refractivity contribution < 1.29 is 42.8 Å². The fourth-order valence-electron chi connectivity index (χ4n) is 3.49. The van der Waals surface area contributed by atoms with Gasteiger partial charge in [0.1, 0.15) is 12.7 Å². The van der Waals surface area contributed by atoms with Crippen LogP contribution in [0.15, 0.2) is 91.0 Å². The Balaban J connectivity index is 1.51. The number of benzene rings is 3. The molecule has 1 aliphatic heterocycles. The molecule has 0 bridgehead atoms. The minimum absolute atomic E-state index is 0.200. The van der Waals surface area contributed by atoms with Crippen molar-refractivity contribution in [1.29, 1.82) is 0 Å². The maximum atomic E-state index is 13.7. The Morgan fingerprint density at radius 1 is 0.657 bits per heavy atom. The van der Waals surface area contributed by atoms with Crippen molar-refractivity contribution >= 4 is 17.9 Å². The van der Waals surface area contributed by atoms with Crippen LogP contribution in [0.5, 0.6) is 0 Å². The van der Waals surface area contributed by atoms with Crippen LogP contribution in [0.25, 0.3) is 0 Å². The summed E-state index contributed by atoms with van der Waals surface area (Å²) < 4.78 is 35.3. The Labute approximate surface area is 200 Å². The summed E-state index contributed by atoms with van der Waals surface area (Å²) >= 11 is 0. The van der Waals surface area contributed by atoms with E-state index < -0.39 is 49.1 Å². The largest absolute Gasteiger partial charge is 0.459 e. The number of ether oxygens (including phenoxy) is 4. The number of carbonyl (C=O) groups excluding carboxylic acids is 3. The van der Waals surface area contributed by atoms with Crippen LogP contribution in [0.3, 0.4) is 0 Å². The number of halogens is 1. The summed E-state index contributed by atoms with van der Waals surface area (Å²) in [4.78, 5) is 41.5. The fraction of sp³-hybridized carbons (Fsp3) is 0.192. The molecule has 9 heteroatoms. The van der Waals surface area contributed by atoms with Gasteiger partial charge in [-0.25, -0.2) is 14.4 Å². The molecule has 3 aromatic rings. The molecule has 0 saturated carbocycles. The normalized spacial score (nSPS) is 21.2. The predicted molar refractivity (Wildman–Crippen MR) is 119 cm³/mol. The molecule has 0 radical (unpaired) electrons. The average molecular weight is 480 g/mol. The number of hydrogen-bond donors (Lipinski definition) is 0. The second-order valence-electron chi connectivity index (χ2n) is 7.57. The average Bonchev–Trinajstić information content (AvgIpc) is 3.23. The molecule has 0 N–H and O–H groups in total. The van der Waals surface area contributed by atoms with Gasteiger partial charge in [-0.3, -0.25) is 0 Å². The van der Waals surface area contributed by atoms with Crippen LogP contribution in [-0.2, 0) is 23.9 Å². The van der Waals surface area contributed by atoms with E-state index in [-0.39, 0.29) is 16.7 Å². The molecule has 1 fully saturated rings. The number of rotatable bonds is 8. The summed E-state index contributed by atoms with van der Waals surface area (Å²) in [6.45, 7) is -0.417. The molecular formula is C26H21FO8. The molecule has 0 unspecified atom stereocenters. The van der Waals surface area contributed by atoms with E-state index in [1.165, 1.54) is 24.3 Å². The van der Waals surface area contributed by atoms with Gasteiger partial charge in [0, 0.05) is 0 Å². The third-order valence-electron chi connectivity index (χ3n) is 5.24. The van der Waals surface area contributed by atoms with E-state index in [0.717, 1.165) is 0 Å². The third kappa shape index (κ3) is 5.89. The van der Waals surface area contributed by atoms with Gasteiger partial charge < -0.3 is 18.9 Å². The lowest BCUT2D eigenvalue weighted by Crippen LogP contribution is -2.40. The molecule has 3 aromatic carbocycles. The number of esters is 3. The van der Waals surface area contributed by atoms with Gasteiger partial charge in [0.25, 0.3) is 0 Å². The van der Waals surface area contributed by atoms with Crippen LogP contribution in [0.4, 0.5) is 4.53 Å². The van der Waals surface area contributed by atoms with Crippen LogP contribution < -0.4 is 0 Å². The molecule has 1 saturated heterocycles. The standard InChI is InChI=1S/C26H21FO8/c27-35-22-21(33-24(29)18-12-6-2-7-13-18)20(16-31-23(28)17-10-4-1-5-11-17)32-26(22)34-25(30)19-14-8-3-9-15-19/h1-15,20-22,26H,16H2/t20-,21-,22+,26-/m0/s1. The van der Waals surface area contributed by atoms with Gasteiger partial charge >= 0.3 is 17.9 Å². The molecular weight excluding hydrogens is 459 g/mol. The highest BCUT2D eigenvalue weighted by Gasteiger charge is 2.52. The zero-order valence-electron chi connectivity index (χ0n) is 18.3. The quantitative estimate of drug-likeness (QED) is 0.354. The summed E-state index contributed by atoms with van der Waals surface area (Å²) in [6.07, 6.45) is -5.74. The van der Waals surface area contributed by atoms with Gasteiger partial charge in [0.2, 0.25) is 6.29 Å². The zero-order valence-corrected chi connectivity index (χ0v) is 18.3. The molecule has 4 atom stereocenters. The molecule has 180 valence electrons. The predicted octanol–water partition coefficient (Wildman–Crippen LogP) is 3.92. The van der Waals surface area contributed by atoms with Gasteiger partial charge in [-0.15, -0.1) is 0 Å². The third-order valence-corrected chi connectivity index (χ3v) is 5.24. The van der Waals surface area contributed by atoms with Gasteiger partial charge in [0.05, 0.1) is 16.7 Å². The summed E-state index contributed by atoms with van der Waals surface area (Å²) in [5.41, 5.74) is 0.689. The molecule has 1 aliphatic rings. The zero-order chi connectivity index (χ0) is 24.6. The minimum atomic E-state index is -1.62. The highest BCUT2D eigenvalue weighted by molar-refractivity contribution is 5.90. The molecule has 4 rings (SSSR count). The van der Waals surface area contributed by atoms with Crippen molar-refractivity contribution in [2.24, 2.45) is 0 Å². The Morgan fingerprint density at radius 3 is 1.60 bits per heavy atom. The molecule has 0 aliphatic carbocycles. The van der Waals surface area contributed by atoms with Crippen molar-refractivity contribution in [1.82, 2.24) is 0 Å². The number of hydrogen-bond acceptors (Lipinski definition) is 8. The fourth-order valence-corrected chi connectivity index (χ4v) is 3.49. The Kier molecular flexibility index (Phi) is 7.81. The van der Waals surface area contributed by atoms with Crippen molar-refractivity contribution in [2.75, 3.05) is 6.61 Å². The lowest BCUT2D eigenvalue weighted by atomic mass is 10.1. The molecule has 0 spiro atoms. The molecule has 0 aromatic heterocycles. The highest BCUT2D eigenvalue weighted by Crippen LogP contribution is 2.30. The summed E-state index contributed by atoms with van der Waals surface area (Å²) in [5, 5.41) is 0. The smallest absolute Gasteiger partial charge is 0.340 e. The lowest BCUT2D eigenvalue weighted by molar-refractivity contribution is -0.243. The maximum absolute atomic E-state index is 13.7. The first-order chi connectivity index (χ1) is 17.1. The Hall–Kier alpha value is -4.08. The monoisotopic (exact) mass is 480 g/mol. The number of carbonyl (C=O) groups is 3. The van der Waals surface area contributed by atoms with E-state index in [1.54, 1.807) is 66.7 Å². The van der Waals surface area contributed by atoms with Crippen molar-refractivity contribution in [3.8, 4) is 0 Å². The summed E-state index contributed by atoms with van der Waals surface area (Å²) in [7, 11) is 0.